The van der Waals surface area contributed by atoms with Crippen molar-refractivity contribution >= 4 is 22.7 Å². The molecule has 7 heteroatoms. The number of thiol groups is 1. The maximum Gasteiger partial charge on any atom is 0.296 e. The molecule has 0 saturated heterocycles. The lowest BCUT2D eigenvalue weighted by atomic mass is 10.5. The van der Waals surface area contributed by atoms with Gasteiger partial charge in [0, 0.05) is 29.7 Å². The molecular formula is C10H10N2O3S2. The van der Waals surface area contributed by atoms with Crippen LogP contribution in [-0.2, 0) is 10.1 Å². The fraction of sp³-hybridized carbons (Fsp3) is 0. The van der Waals surface area contributed by atoms with Gasteiger partial charge in [-0.3, -0.25) is 14.5 Å². The molecule has 1 N–H and O–H groups in total. The zero-order valence-corrected chi connectivity index (χ0v) is 10.3. The predicted octanol–water partition coefficient (Wildman–Crippen LogP) is 1.70. The molecule has 0 saturated carbocycles. The summed E-state index contributed by atoms with van der Waals surface area (Å²) in [6.45, 7) is 0. The summed E-state index contributed by atoms with van der Waals surface area (Å²) in [5, 5.41) is 0. The van der Waals surface area contributed by atoms with Crippen LogP contribution in [0.15, 0.2) is 58.8 Å². The molecule has 2 aromatic rings. The fourth-order valence-corrected chi connectivity index (χ4v) is 1.42. The highest BCUT2D eigenvalue weighted by molar-refractivity contribution is 7.85. The van der Waals surface area contributed by atoms with Gasteiger partial charge in [0.15, 0.2) is 0 Å². The molecular weight excluding hydrogens is 260 g/mol. The topological polar surface area (TPSA) is 80.2 Å². The van der Waals surface area contributed by atoms with Gasteiger partial charge in [0.2, 0.25) is 0 Å². The summed E-state index contributed by atoms with van der Waals surface area (Å²) in [5.41, 5.74) is 0. The van der Waals surface area contributed by atoms with Gasteiger partial charge in [-0.2, -0.15) is 8.42 Å². The van der Waals surface area contributed by atoms with E-state index in [-0.39, 0.29) is 4.90 Å². The fourth-order valence-electron chi connectivity index (χ4n) is 0.844. The number of hydrogen-bond donors (Lipinski definition) is 2. The van der Waals surface area contributed by atoms with Crippen molar-refractivity contribution in [3.8, 4) is 0 Å². The van der Waals surface area contributed by atoms with E-state index in [1.54, 1.807) is 12.4 Å². The minimum atomic E-state index is -4.07. The first-order valence-electron chi connectivity index (χ1n) is 4.46. The summed E-state index contributed by atoms with van der Waals surface area (Å²) < 4.78 is 29.1. The van der Waals surface area contributed by atoms with Gasteiger partial charge in [0.05, 0.1) is 0 Å². The predicted molar refractivity (Wildman–Crippen MR) is 65.5 cm³/mol. The van der Waals surface area contributed by atoms with Crippen LogP contribution >= 0.6 is 12.6 Å². The zero-order valence-electron chi connectivity index (χ0n) is 8.63. The lowest BCUT2D eigenvalue weighted by molar-refractivity contribution is 0.483. The second kappa shape index (κ2) is 6.33. The monoisotopic (exact) mass is 270 g/mol. The third kappa shape index (κ3) is 5.43. The molecule has 5 nitrogen and oxygen atoms in total. The Labute approximate surface area is 105 Å². The standard InChI is InChI=1S/C5H5NO3S.C5H5NS/c7-10(8,9)5-2-1-3-6-4-5;7-5-1-3-6-4-2-5/h1-4H,(H,7,8,9);1-4H,(H,6,7). The van der Waals surface area contributed by atoms with Crippen molar-refractivity contribution in [2.24, 2.45) is 0 Å². The highest BCUT2D eigenvalue weighted by Crippen LogP contribution is 2.03. The van der Waals surface area contributed by atoms with Crippen LogP contribution < -0.4 is 0 Å². The van der Waals surface area contributed by atoms with Gasteiger partial charge in [-0.25, -0.2) is 0 Å². The highest BCUT2D eigenvalue weighted by atomic mass is 32.2. The maximum atomic E-state index is 10.3. The molecule has 0 fully saturated rings. The normalized spacial score (nSPS) is 10.2. The van der Waals surface area contributed by atoms with Gasteiger partial charge in [-0.15, -0.1) is 12.6 Å². The summed E-state index contributed by atoms with van der Waals surface area (Å²) in [6, 6.07) is 6.37. The third-order valence-corrected chi connectivity index (χ3v) is 2.73. The van der Waals surface area contributed by atoms with Crippen LogP contribution in [0.1, 0.15) is 0 Å². The minimum Gasteiger partial charge on any atom is -0.282 e. The van der Waals surface area contributed by atoms with E-state index in [0.29, 0.717) is 0 Å². The van der Waals surface area contributed by atoms with Crippen LogP contribution in [0.25, 0.3) is 0 Å². The Balaban J connectivity index is 0.000000181. The summed E-state index contributed by atoms with van der Waals surface area (Å²) in [6.07, 6.45) is 5.93. The number of aromatic nitrogens is 2. The molecule has 2 aromatic heterocycles. The number of pyridine rings is 2. The maximum absolute atomic E-state index is 10.3. The van der Waals surface area contributed by atoms with Crippen molar-refractivity contribution in [3.05, 3.63) is 49.1 Å². The summed E-state index contributed by atoms with van der Waals surface area (Å²) in [5.74, 6) is 0. The SMILES string of the molecule is O=S(=O)(O)c1cccnc1.Sc1ccncc1. The van der Waals surface area contributed by atoms with E-state index >= 15 is 0 Å². The molecule has 0 aliphatic rings. The van der Waals surface area contributed by atoms with Crippen molar-refractivity contribution < 1.29 is 13.0 Å². The first-order chi connectivity index (χ1) is 8.00. The molecule has 2 heterocycles. The Kier molecular flexibility index (Phi) is 5.08. The van der Waals surface area contributed by atoms with Crippen molar-refractivity contribution in [1.82, 2.24) is 9.97 Å². The first kappa shape index (κ1) is 13.6. The Hall–Kier alpha value is -1.44. The summed E-state index contributed by atoms with van der Waals surface area (Å²) >= 11 is 4.04. The first-order valence-corrected chi connectivity index (χ1v) is 6.35. The summed E-state index contributed by atoms with van der Waals surface area (Å²) in [4.78, 5) is 8.08. The van der Waals surface area contributed by atoms with E-state index in [1.165, 1.54) is 18.3 Å². The van der Waals surface area contributed by atoms with Gasteiger partial charge < -0.3 is 0 Å². The highest BCUT2D eigenvalue weighted by Gasteiger charge is 2.06. The molecule has 0 atom stereocenters. The van der Waals surface area contributed by atoms with Gasteiger partial charge in [0.1, 0.15) is 4.90 Å². The third-order valence-electron chi connectivity index (χ3n) is 1.59. The molecule has 0 aromatic carbocycles. The quantitative estimate of drug-likeness (QED) is 0.609. The molecule has 90 valence electrons. The molecule has 2 rings (SSSR count). The molecule has 0 bridgehead atoms. The van der Waals surface area contributed by atoms with Crippen molar-refractivity contribution in [3.63, 3.8) is 0 Å². The van der Waals surface area contributed by atoms with Crippen LogP contribution in [0.3, 0.4) is 0 Å². The molecule has 0 spiro atoms. The average Bonchev–Trinajstić information content (AvgIpc) is 2.31. The largest absolute Gasteiger partial charge is 0.296 e. The lowest BCUT2D eigenvalue weighted by Crippen LogP contribution is -1.97. The zero-order chi connectivity index (χ0) is 12.7. The van der Waals surface area contributed by atoms with Gasteiger partial charge in [0.25, 0.3) is 10.1 Å². The van der Waals surface area contributed by atoms with E-state index in [9.17, 15) is 8.42 Å². The van der Waals surface area contributed by atoms with Crippen LogP contribution in [0.4, 0.5) is 0 Å². The number of nitrogens with zero attached hydrogens (tertiary/aromatic N) is 2. The Morgan fingerprint density at radius 3 is 2.00 bits per heavy atom. The number of rotatable bonds is 1. The molecule has 0 amide bonds. The van der Waals surface area contributed by atoms with E-state index < -0.39 is 10.1 Å². The number of hydrogen-bond acceptors (Lipinski definition) is 5. The smallest absolute Gasteiger partial charge is 0.282 e. The van der Waals surface area contributed by atoms with Crippen molar-refractivity contribution in [2.75, 3.05) is 0 Å². The van der Waals surface area contributed by atoms with E-state index in [0.717, 1.165) is 11.1 Å². The van der Waals surface area contributed by atoms with Crippen LogP contribution in [0.2, 0.25) is 0 Å². The molecule has 0 aliphatic heterocycles. The van der Waals surface area contributed by atoms with Crippen LogP contribution in [-0.4, -0.2) is 22.9 Å². The molecule has 0 unspecified atom stereocenters. The van der Waals surface area contributed by atoms with Crippen LogP contribution in [0, 0.1) is 0 Å². The molecule has 0 radical (unpaired) electrons. The van der Waals surface area contributed by atoms with E-state index in [2.05, 4.69) is 22.6 Å². The van der Waals surface area contributed by atoms with Gasteiger partial charge >= 0.3 is 0 Å². The van der Waals surface area contributed by atoms with Gasteiger partial charge in [-0.1, -0.05) is 0 Å². The Morgan fingerprint density at radius 1 is 1.06 bits per heavy atom. The Bertz CT molecular complexity index is 544. The average molecular weight is 270 g/mol. The second-order valence-corrected chi connectivity index (χ2v) is 4.81. The van der Waals surface area contributed by atoms with Gasteiger partial charge in [-0.05, 0) is 24.3 Å². The van der Waals surface area contributed by atoms with E-state index in [1.807, 2.05) is 12.1 Å². The summed E-state index contributed by atoms with van der Waals surface area (Å²) in [7, 11) is -4.07. The second-order valence-electron chi connectivity index (χ2n) is 2.87. The van der Waals surface area contributed by atoms with Crippen molar-refractivity contribution in [2.45, 2.75) is 9.79 Å². The minimum absolute atomic E-state index is 0.185. The van der Waals surface area contributed by atoms with Crippen molar-refractivity contribution in [1.29, 1.82) is 0 Å². The lowest BCUT2D eigenvalue weighted by Gasteiger charge is -1.91. The molecule has 0 aliphatic carbocycles. The van der Waals surface area contributed by atoms with Crippen LogP contribution in [0.5, 0.6) is 0 Å². The Morgan fingerprint density at radius 2 is 1.71 bits per heavy atom. The molecule has 17 heavy (non-hydrogen) atoms. The van der Waals surface area contributed by atoms with E-state index in [4.69, 9.17) is 4.55 Å².